The summed E-state index contributed by atoms with van der Waals surface area (Å²) in [6.07, 6.45) is 4.33. The molecular formula is C14H27N5. The van der Waals surface area contributed by atoms with Crippen LogP contribution in [0.5, 0.6) is 0 Å². The van der Waals surface area contributed by atoms with E-state index in [4.69, 9.17) is 0 Å². The minimum atomic E-state index is 0.605. The quantitative estimate of drug-likeness (QED) is 0.844. The first-order valence-electron chi connectivity index (χ1n) is 7.41. The fourth-order valence-corrected chi connectivity index (χ4v) is 2.74. The van der Waals surface area contributed by atoms with Gasteiger partial charge in [-0.25, -0.2) is 9.67 Å². The molecule has 0 bridgehead atoms. The molecule has 1 aromatic heterocycles. The Kier molecular flexibility index (Phi) is 5.34. The van der Waals surface area contributed by atoms with Crippen LogP contribution >= 0.6 is 0 Å². The molecule has 2 rings (SSSR count). The molecule has 1 aromatic rings. The van der Waals surface area contributed by atoms with Crippen molar-refractivity contribution in [1.29, 1.82) is 0 Å². The molecule has 108 valence electrons. The van der Waals surface area contributed by atoms with Crippen molar-refractivity contribution in [3.05, 3.63) is 12.2 Å². The third-order valence-corrected chi connectivity index (χ3v) is 3.61. The van der Waals surface area contributed by atoms with Crippen LogP contribution in [0.4, 0.5) is 0 Å². The summed E-state index contributed by atoms with van der Waals surface area (Å²) < 4.78 is 2.04. The maximum absolute atomic E-state index is 4.40. The van der Waals surface area contributed by atoms with Crippen molar-refractivity contribution in [2.75, 3.05) is 26.7 Å². The summed E-state index contributed by atoms with van der Waals surface area (Å²) in [6.45, 7) is 9.75. The van der Waals surface area contributed by atoms with Gasteiger partial charge >= 0.3 is 0 Å². The molecule has 1 fully saturated rings. The van der Waals surface area contributed by atoms with E-state index in [9.17, 15) is 0 Å². The van der Waals surface area contributed by atoms with Crippen LogP contribution in [0.15, 0.2) is 6.33 Å². The molecule has 19 heavy (non-hydrogen) atoms. The molecule has 0 aromatic carbocycles. The zero-order valence-corrected chi connectivity index (χ0v) is 12.5. The lowest BCUT2D eigenvalue weighted by Gasteiger charge is -2.27. The first-order valence-corrected chi connectivity index (χ1v) is 7.41. The monoisotopic (exact) mass is 265 g/mol. The topological polar surface area (TPSA) is 46.0 Å². The van der Waals surface area contributed by atoms with E-state index in [1.54, 1.807) is 6.33 Å². The first kappa shape index (κ1) is 14.5. The number of rotatable bonds is 6. The van der Waals surface area contributed by atoms with Gasteiger partial charge in [0.15, 0.2) is 0 Å². The summed E-state index contributed by atoms with van der Waals surface area (Å²) in [5.41, 5.74) is 0. The van der Waals surface area contributed by atoms with Gasteiger partial charge in [-0.2, -0.15) is 5.10 Å². The van der Waals surface area contributed by atoms with Crippen LogP contribution in [-0.2, 0) is 13.1 Å². The van der Waals surface area contributed by atoms with Crippen LogP contribution in [0.25, 0.3) is 0 Å². The van der Waals surface area contributed by atoms with Crippen LogP contribution < -0.4 is 5.32 Å². The number of nitrogens with one attached hydrogen (secondary N) is 1. The van der Waals surface area contributed by atoms with Gasteiger partial charge in [-0.15, -0.1) is 0 Å². The fourth-order valence-electron chi connectivity index (χ4n) is 2.74. The van der Waals surface area contributed by atoms with Crippen molar-refractivity contribution in [2.45, 2.75) is 39.8 Å². The van der Waals surface area contributed by atoms with Crippen LogP contribution in [0.1, 0.15) is 32.5 Å². The highest BCUT2D eigenvalue weighted by molar-refractivity contribution is 4.85. The number of hydrogen-bond donors (Lipinski definition) is 1. The Morgan fingerprint density at radius 2 is 2.37 bits per heavy atom. The van der Waals surface area contributed by atoms with Crippen molar-refractivity contribution in [2.24, 2.45) is 11.8 Å². The summed E-state index contributed by atoms with van der Waals surface area (Å²) in [6, 6.07) is 0. The second-order valence-corrected chi connectivity index (χ2v) is 6.16. The smallest absolute Gasteiger partial charge is 0.141 e. The van der Waals surface area contributed by atoms with E-state index in [-0.39, 0.29) is 0 Å². The third-order valence-electron chi connectivity index (χ3n) is 3.61. The van der Waals surface area contributed by atoms with Gasteiger partial charge in [0, 0.05) is 13.1 Å². The van der Waals surface area contributed by atoms with E-state index in [0.717, 1.165) is 37.9 Å². The summed E-state index contributed by atoms with van der Waals surface area (Å²) >= 11 is 0. The number of nitrogens with zero attached hydrogens (tertiary/aromatic N) is 4. The molecule has 0 amide bonds. The van der Waals surface area contributed by atoms with Crippen LogP contribution in [0.3, 0.4) is 0 Å². The summed E-state index contributed by atoms with van der Waals surface area (Å²) in [5.74, 6) is 2.47. The molecule has 0 radical (unpaired) electrons. The minimum absolute atomic E-state index is 0.605. The Bertz CT molecular complexity index is 368. The Hall–Kier alpha value is -0.940. The van der Waals surface area contributed by atoms with Gasteiger partial charge in [-0.3, -0.25) is 4.90 Å². The standard InChI is InChI=1S/C14H27N5/c1-12(2)8-19-14(16-11-17-19)10-18(3)9-13-5-4-6-15-7-13/h11-13,15H,4-10H2,1-3H3. The van der Waals surface area contributed by atoms with Crippen molar-refractivity contribution in [1.82, 2.24) is 25.0 Å². The van der Waals surface area contributed by atoms with Crippen molar-refractivity contribution < 1.29 is 0 Å². The molecule has 1 saturated heterocycles. The predicted molar refractivity (Wildman–Crippen MR) is 76.8 cm³/mol. The van der Waals surface area contributed by atoms with Crippen molar-refractivity contribution in [3.8, 4) is 0 Å². The Balaban J connectivity index is 1.84. The molecule has 1 N–H and O–H groups in total. The van der Waals surface area contributed by atoms with E-state index < -0.39 is 0 Å². The lowest BCUT2D eigenvalue weighted by atomic mass is 9.99. The average molecular weight is 265 g/mol. The van der Waals surface area contributed by atoms with E-state index in [0.29, 0.717) is 5.92 Å². The van der Waals surface area contributed by atoms with E-state index in [2.05, 4.69) is 41.2 Å². The molecule has 5 nitrogen and oxygen atoms in total. The molecule has 0 spiro atoms. The normalized spacial score (nSPS) is 20.4. The van der Waals surface area contributed by atoms with Gasteiger partial charge in [0.1, 0.15) is 12.2 Å². The van der Waals surface area contributed by atoms with Crippen LogP contribution in [0, 0.1) is 11.8 Å². The lowest BCUT2D eigenvalue weighted by molar-refractivity contribution is 0.229. The van der Waals surface area contributed by atoms with E-state index >= 15 is 0 Å². The van der Waals surface area contributed by atoms with E-state index in [1.165, 1.54) is 19.4 Å². The third kappa shape index (κ3) is 4.58. The van der Waals surface area contributed by atoms with Gasteiger partial charge in [0.25, 0.3) is 0 Å². The Morgan fingerprint density at radius 3 is 3.05 bits per heavy atom. The SMILES string of the molecule is CC(C)Cn1ncnc1CN(C)CC1CCCNC1. The Morgan fingerprint density at radius 1 is 1.53 bits per heavy atom. The van der Waals surface area contributed by atoms with Crippen molar-refractivity contribution in [3.63, 3.8) is 0 Å². The fraction of sp³-hybridized carbons (Fsp3) is 0.857. The zero-order chi connectivity index (χ0) is 13.7. The molecule has 2 heterocycles. The molecule has 0 saturated carbocycles. The lowest BCUT2D eigenvalue weighted by Crippen LogP contribution is -2.37. The van der Waals surface area contributed by atoms with Gasteiger partial charge < -0.3 is 5.32 Å². The number of piperidine rings is 1. The second kappa shape index (κ2) is 7.01. The molecule has 1 aliphatic heterocycles. The molecule has 1 atom stereocenters. The summed E-state index contributed by atoms with van der Waals surface area (Å²) in [4.78, 5) is 6.77. The maximum atomic E-state index is 4.40. The largest absolute Gasteiger partial charge is 0.316 e. The first-order chi connectivity index (χ1) is 9.15. The summed E-state index contributed by atoms with van der Waals surface area (Å²) in [7, 11) is 2.18. The Labute approximate surface area is 116 Å². The highest BCUT2D eigenvalue weighted by Gasteiger charge is 2.16. The molecule has 0 aliphatic carbocycles. The highest BCUT2D eigenvalue weighted by Crippen LogP contribution is 2.12. The highest BCUT2D eigenvalue weighted by atomic mass is 15.3. The van der Waals surface area contributed by atoms with Crippen molar-refractivity contribution >= 4 is 0 Å². The molecule has 1 aliphatic rings. The van der Waals surface area contributed by atoms with Gasteiger partial charge in [0.05, 0.1) is 6.54 Å². The van der Waals surface area contributed by atoms with Gasteiger partial charge in [-0.05, 0) is 44.8 Å². The average Bonchev–Trinajstić information content (AvgIpc) is 2.77. The molecule has 1 unspecified atom stereocenters. The number of hydrogen-bond acceptors (Lipinski definition) is 4. The molecule has 5 heteroatoms. The second-order valence-electron chi connectivity index (χ2n) is 6.16. The van der Waals surface area contributed by atoms with Crippen LogP contribution in [0.2, 0.25) is 0 Å². The summed E-state index contributed by atoms with van der Waals surface area (Å²) in [5, 5.41) is 7.80. The number of aromatic nitrogens is 3. The molecular weight excluding hydrogens is 238 g/mol. The predicted octanol–water partition coefficient (Wildman–Crippen LogP) is 1.37. The zero-order valence-electron chi connectivity index (χ0n) is 12.5. The maximum Gasteiger partial charge on any atom is 0.141 e. The van der Waals surface area contributed by atoms with Gasteiger partial charge in [-0.1, -0.05) is 13.8 Å². The minimum Gasteiger partial charge on any atom is -0.316 e. The van der Waals surface area contributed by atoms with Crippen LogP contribution in [-0.4, -0.2) is 46.3 Å². The van der Waals surface area contributed by atoms with Gasteiger partial charge in [0.2, 0.25) is 0 Å². The van der Waals surface area contributed by atoms with E-state index in [1.807, 2.05) is 4.68 Å².